The number of rotatable bonds is 7. The van der Waals surface area contributed by atoms with Gasteiger partial charge in [-0.15, -0.1) is 11.3 Å². The molecule has 0 aliphatic heterocycles. The van der Waals surface area contributed by atoms with Gasteiger partial charge >= 0.3 is 0 Å². The molecule has 0 unspecified atom stereocenters. The highest BCUT2D eigenvalue weighted by molar-refractivity contribution is 7.13. The van der Waals surface area contributed by atoms with Crippen LogP contribution >= 0.6 is 11.3 Å². The molecule has 0 bridgehead atoms. The summed E-state index contributed by atoms with van der Waals surface area (Å²) in [5.41, 5.74) is 0.751. The lowest BCUT2D eigenvalue weighted by Gasteiger charge is -2.20. The van der Waals surface area contributed by atoms with Gasteiger partial charge in [0.25, 0.3) is 0 Å². The lowest BCUT2D eigenvalue weighted by molar-refractivity contribution is -0.130. The number of hydrogen-bond donors (Lipinski definition) is 0. The summed E-state index contributed by atoms with van der Waals surface area (Å²) in [7, 11) is 0. The highest BCUT2D eigenvalue weighted by Crippen LogP contribution is 2.26. The van der Waals surface area contributed by atoms with Gasteiger partial charge in [-0.3, -0.25) is 4.79 Å². The Balaban J connectivity index is 2.10. The first-order valence-electron chi connectivity index (χ1n) is 7.43. The Hall–Kier alpha value is -1.62. The highest BCUT2D eigenvalue weighted by atomic mass is 32.1. The van der Waals surface area contributed by atoms with E-state index in [4.69, 9.17) is 4.42 Å². The molecule has 1 amide bonds. The molecule has 0 aliphatic carbocycles. The minimum absolute atomic E-state index is 0.132. The maximum absolute atomic E-state index is 12.4. The normalized spacial score (nSPS) is 10.8. The predicted molar refractivity (Wildman–Crippen MR) is 85.4 cm³/mol. The molecule has 0 atom stereocenters. The fourth-order valence-electron chi connectivity index (χ4n) is 2.25. The number of carbonyl (C=O) groups is 1. The summed E-state index contributed by atoms with van der Waals surface area (Å²) in [5.74, 6) is 1.48. The first-order chi connectivity index (χ1) is 10.2. The molecule has 4 nitrogen and oxygen atoms in total. The molecular formula is C16H22N2O2S. The zero-order valence-corrected chi connectivity index (χ0v) is 13.7. The van der Waals surface area contributed by atoms with Crippen LogP contribution in [0.5, 0.6) is 0 Å². The molecule has 0 fully saturated rings. The topological polar surface area (TPSA) is 46.3 Å². The van der Waals surface area contributed by atoms with Crippen molar-refractivity contribution in [2.75, 3.05) is 13.1 Å². The van der Waals surface area contributed by atoms with Crippen molar-refractivity contribution < 1.29 is 9.21 Å². The lowest BCUT2D eigenvalue weighted by atomic mass is 10.2. The Morgan fingerprint density at radius 1 is 1.33 bits per heavy atom. The van der Waals surface area contributed by atoms with E-state index < -0.39 is 0 Å². The van der Waals surface area contributed by atoms with Crippen LogP contribution in [0, 0.1) is 6.92 Å². The molecule has 0 spiro atoms. The number of hydrogen-bond acceptors (Lipinski definition) is 4. The average Bonchev–Trinajstić information content (AvgIpc) is 3.09. The maximum Gasteiger partial charge on any atom is 0.236 e. The van der Waals surface area contributed by atoms with Crippen molar-refractivity contribution in [2.24, 2.45) is 0 Å². The van der Waals surface area contributed by atoms with Crippen molar-refractivity contribution in [2.45, 2.75) is 40.0 Å². The monoisotopic (exact) mass is 306 g/mol. The Bertz CT molecular complexity index is 569. The summed E-state index contributed by atoms with van der Waals surface area (Å²) in [5, 5.41) is 1.99. The average molecular weight is 306 g/mol. The van der Waals surface area contributed by atoms with Gasteiger partial charge in [0, 0.05) is 13.1 Å². The van der Waals surface area contributed by atoms with Gasteiger partial charge in [-0.25, -0.2) is 4.98 Å². The summed E-state index contributed by atoms with van der Waals surface area (Å²) in [6.45, 7) is 7.66. The third-order valence-electron chi connectivity index (χ3n) is 3.28. The van der Waals surface area contributed by atoms with Crippen LogP contribution in [0.25, 0.3) is 10.8 Å². The molecule has 21 heavy (non-hydrogen) atoms. The minimum Gasteiger partial charge on any atom is -0.440 e. The second-order valence-electron chi connectivity index (χ2n) is 5.06. The van der Waals surface area contributed by atoms with Gasteiger partial charge in [0.05, 0.1) is 17.0 Å². The second kappa shape index (κ2) is 7.41. The van der Waals surface area contributed by atoms with Gasteiger partial charge in [0.2, 0.25) is 11.8 Å². The summed E-state index contributed by atoms with van der Waals surface area (Å²) in [4.78, 5) is 19.8. The SMILES string of the molecule is CCCN(CCC)C(=O)Cc1nc(-c2cccs2)oc1C. The quantitative estimate of drug-likeness (QED) is 0.779. The Morgan fingerprint density at radius 3 is 2.62 bits per heavy atom. The van der Waals surface area contributed by atoms with Gasteiger partial charge < -0.3 is 9.32 Å². The fourth-order valence-corrected chi connectivity index (χ4v) is 2.90. The third-order valence-corrected chi connectivity index (χ3v) is 4.14. The minimum atomic E-state index is 0.132. The van der Waals surface area contributed by atoms with Crippen molar-refractivity contribution in [1.29, 1.82) is 0 Å². The Labute approximate surface area is 129 Å². The van der Waals surface area contributed by atoms with Crippen molar-refractivity contribution in [3.63, 3.8) is 0 Å². The predicted octanol–water partition coefficient (Wildman–Crippen LogP) is 3.90. The smallest absolute Gasteiger partial charge is 0.236 e. The van der Waals surface area contributed by atoms with Crippen LogP contribution in [-0.2, 0) is 11.2 Å². The van der Waals surface area contributed by atoms with E-state index in [-0.39, 0.29) is 5.91 Å². The number of carbonyl (C=O) groups excluding carboxylic acids is 1. The van der Waals surface area contributed by atoms with Crippen LogP contribution in [0.4, 0.5) is 0 Å². The van der Waals surface area contributed by atoms with E-state index in [1.165, 1.54) is 0 Å². The Kier molecular flexibility index (Phi) is 5.56. The molecule has 2 aromatic heterocycles. The summed E-state index contributed by atoms with van der Waals surface area (Å²) >= 11 is 1.59. The molecule has 0 aliphatic rings. The van der Waals surface area contributed by atoms with E-state index >= 15 is 0 Å². The van der Waals surface area contributed by atoms with Crippen molar-refractivity contribution in [3.8, 4) is 10.8 Å². The molecule has 0 saturated carbocycles. The Morgan fingerprint density at radius 2 is 2.05 bits per heavy atom. The molecule has 2 heterocycles. The second-order valence-corrected chi connectivity index (χ2v) is 6.00. The van der Waals surface area contributed by atoms with E-state index in [9.17, 15) is 4.79 Å². The molecule has 0 N–H and O–H groups in total. The van der Waals surface area contributed by atoms with Crippen molar-refractivity contribution in [1.82, 2.24) is 9.88 Å². The maximum atomic E-state index is 12.4. The number of oxazole rings is 1. The number of thiophene rings is 1. The lowest BCUT2D eigenvalue weighted by Crippen LogP contribution is -2.33. The standard InChI is InChI=1S/C16H22N2O2S/c1-4-8-18(9-5-2)15(19)11-13-12(3)20-16(17-13)14-7-6-10-21-14/h6-7,10H,4-5,8-9,11H2,1-3H3. The van der Waals surface area contributed by atoms with Crippen LogP contribution in [0.15, 0.2) is 21.9 Å². The first kappa shape index (κ1) is 15.8. The van der Waals surface area contributed by atoms with E-state index in [2.05, 4.69) is 18.8 Å². The molecule has 0 saturated heterocycles. The summed E-state index contributed by atoms with van der Waals surface area (Å²) in [6.07, 6.45) is 2.27. The number of aryl methyl sites for hydroxylation is 1. The first-order valence-corrected chi connectivity index (χ1v) is 8.31. The largest absolute Gasteiger partial charge is 0.440 e. The number of amides is 1. The van der Waals surface area contributed by atoms with Crippen LogP contribution in [0.3, 0.4) is 0 Å². The van der Waals surface area contributed by atoms with Gasteiger partial charge in [-0.05, 0) is 31.2 Å². The fraction of sp³-hybridized carbons (Fsp3) is 0.500. The van der Waals surface area contributed by atoms with Gasteiger partial charge in [0.15, 0.2) is 0 Å². The van der Waals surface area contributed by atoms with Gasteiger partial charge in [-0.2, -0.15) is 0 Å². The van der Waals surface area contributed by atoms with Crippen molar-refractivity contribution in [3.05, 3.63) is 29.0 Å². The zero-order chi connectivity index (χ0) is 15.2. The van der Waals surface area contributed by atoms with Crippen LogP contribution in [-0.4, -0.2) is 28.9 Å². The zero-order valence-electron chi connectivity index (χ0n) is 12.9. The van der Waals surface area contributed by atoms with E-state index in [0.717, 1.165) is 42.3 Å². The van der Waals surface area contributed by atoms with E-state index in [1.807, 2.05) is 29.3 Å². The van der Waals surface area contributed by atoms with E-state index in [0.29, 0.717) is 12.3 Å². The van der Waals surface area contributed by atoms with Crippen LogP contribution in [0.2, 0.25) is 0 Å². The summed E-state index contributed by atoms with van der Waals surface area (Å²) < 4.78 is 5.69. The molecule has 2 aromatic rings. The molecule has 5 heteroatoms. The van der Waals surface area contributed by atoms with Gasteiger partial charge in [-0.1, -0.05) is 19.9 Å². The number of nitrogens with zero attached hydrogens (tertiary/aromatic N) is 2. The van der Waals surface area contributed by atoms with Gasteiger partial charge in [0.1, 0.15) is 5.76 Å². The van der Waals surface area contributed by atoms with Crippen LogP contribution in [0.1, 0.15) is 38.1 Å². The van der Waals surface area contributed by atoms with Crippen LogP contribution < -0.4 is 0 Å². The molecule has 2 rings (SSSR count). The van der Waals surface area contributed by atoms with E-state index in [1.54, 1.807) is 11.3 Å². The highest BCUT2D eigenvalue weighted by Gasteiger charge is 2.18. The molecule has 0 radical (unpaired) electrons. The third kappa shape index (κ3) is 3.94. The molecular weight excluding hydrogens is 284 g/mol. The molecule has 0 aromatic carbocycles. The summed E-state index contributed by atoms with van der Waals surface area (Å²) in [6, 6.07) is 3.94. The number of aromatic nitrogens is 1. The molecule has 114 valence electrons. The van der Waals surface area contributed by atoms with Crippen molar-refractivity contribution >= 4 is 17.2 Å².